The van der Waals surface area contributed by atoms with E-state index in [4.69, 9.17) is 10.8 Å². The number of hydrogen-bond donors (Lipinski definition) is 1. The molecule has 1 aromatic rings. The Labute approximate surface area is 79.3 Å². The van der Waals surface area contributed by atoms with E-state index in [1.165, 1.54) is 0 Å². The summed E-state index contributed by atoms with van der Waals surface area (Å²) in [6, 6.07) is 4.13. The highest BCUT2D eigenvalue weighted by Crippen LogP contribution is 2.13. The summed E-state index contributed by atoms with van der Waals surface area (Å²) in [6.07, 6.45) is 7.94. The van der Waals surface area contributed by atoms with Gasteiger partial charge < -0.3 is 4.42 Å². The fraction of sp³-hybridized carbons (Fsp3) is 0.455. The molecule has 2 heteroatoms. The van der Waals surface area contributed by atoms with Gasteiger partial charge in [-0.05, 0) is 25.5 Å². The van der Waals surface area contributed by atoms with Gasteiger partial charge in [0.2, 0.25) is 0 Å². The number of rotatable bonds is 4. The number of nitrogens with one attached hydrogen (secondary N) is 1. The van der Waals surface area contributed by atoms with E-state index in [9.17, 15) is 0 Å². The monoisotopic (exact) mass is 177 g/mol. The molecule has 1 unspecified atom stereocenters. The lowest BCUT2D eigenvalue weighted by Gasteiger charge is -2.15. The third-order valence-electron chi connectivity index (χ3n) is 2.03. The summed E-state index contributed by atoms with van der Waals surface area (Å²) in [7, 11) is 0. The summed E-state index contributed by atoms with van der Waals surface area (Å²) in [5, 5.41) is 3.29. The van der Waals surface area contributed by atoms with E-state index < -0.39 is 0 Å². The maximum Gasteiger partial charge on any atom is 0.120 e. The largest absolute Gasteiger partial charge is 0.468 e. The first-order valence-corrected chi connectivity index (χ1v) is 4.53. The maximum atomic E-state index is 5.34. The Balaban J connectivity index is 2.51. The molecule has 13 heavy (non-hydrogen) atoms. The Morgan fingerprint density at radius 2 is 2.46 bits per heavy atom. The molecular weight excluding hydrogens is 162 g/mol. The topological polar surface area (TPSA) is 25.2 Å². The number of furan rings is 1. The van der Waals surface area contributed by atoms with E-state index in [0.29, 0.717) is 0 Å². The molecule has 1 heterocycles. The van der Waals surface area contributed by atoms with Gasteiger partial charge in [-0.15, -0.1) is 6.42 Å². The smallest absolute Gasteiger partial charge is 0.120 e. The van der Waals surface area contributed by atoms with Crippen LogP contribution in [0.15, 0.2) is 22.8 Å². The van der Waals surface area contributed by atoms with Gasteiger partial charge in [-0.1, -0.05) is 12.8 Å². The van der Waals surface area contributed by atoms with Crippen molar-refractivity contribution in [3.63, 3.8) is 0 Å². The van der Waals surface area contributed by atoms with E-state index in [1.807, 2.05) is 19.1 Å². The fourth-order valence-electron chi connectivity index (χ4n) is 1.21. The van der Waals surface area contributed by atoms with Crippen LogP contribution in [0.1, 0.15) is 32.1 Å². The fourth-order valence-corrected chi connectivity index (χ4v) is 1.21. The number of terminal acetylenes is 1. The predicted octanol–water partition coefficient (Wildman–Crippen LogP) is 2.34. The Hall–Kier alpha value is -1.20. The van der Waals surface area contributed by atoms with Crippen LogP contribution in [0.5, 0.6) is 0 Å². The molecule has 0 aliphatic rings. The van der Waals surface area contributed by atoms with Gasteiger partial charge in [0.05, 0.1) is 18.3 Å². The van der Waals surface area contributed by atoms with Crippen LogP contribution in [0.3, 0.4) is 0 Å². The molecule has 0 saturated carbocycles. The minimum absolute atomic E-state index is 0.125. The van der Waals surface area contributed by atoms with Crippen LogP contribution >= 0.6 is 0 Å². The Bertz CT molecular complexity index is 271. The van der Waals surface area contributed by atoms with Crippen LogP contribution in [0.4, 0.5) is 0 Å². The number of hydrogen-bond acceptors (Lipinski definition) is 2. The standard InChI is InChI=1S/C11H15NO/c1-4-10(5-2)12-9(3)11-7-6-8-13-11/h1,6-10,12H,5H2,2-3H3/t9-,10?/m1/s1. The molecule has 1 aromatic heterocycles. The van der Waals surface area contributed by atoms with Crippen molar-refractivity contribution in [1.82, 2.24) is 5.32 Å². The molecule has 0 amide bonds. The summed E-state index contributed by atoms with van der Waals surface area (Å²) < 4.78 is 5.25. The van der Waals surface area contributed by atoms with Crippen molar-refractivity contribution in [2.75, 3.05) is 0 Å². The molecule has 2 atom stereocenters. The lowest BCUT2D eigenvalue weighted by Crippen LogP contribution is -2.29. The van der Waals surface area contributed by atoms with Crippen molar-refractivity contribution >= 4 is 0 Å². The highest BCUT2D eigenvalue weighted by atomic mass is 16.3. The van der Waals surface area contributed by atoms with E-state index in [2.05, 4.69) is 18.2 Å². The second-order valence-electron chi connectivity index (χ2n) is 3.03. The normalized spacial score (nSPS) is 14.8. The third kappa shape index (κ3) is 2.64. The second-order valence-corrected chi connectivity index (χ2v) is 3.03. The van der Waals surface area contributed by atoms with E-state index in [-0.39, 0.29) is 12.1 Å². The quantitative estimate of drug-likeness (QED) is 0.714. The first kappa shape index (κ1) is 9.88. The molecule has 0 aliphatic heterocycles. The summed E-state index contributed by atoms with van der Waals surface area (Å²) >= 11 is 0. The first-order chi connectivity index (χ1) is 6.27. The molecule has 2 nitrogen and oxygen atoms in total. The van der Waals surface area contributed by atoms with Crippen LogP contribution in [0.25, 0.3) is 0 Å². The molecular formula is C11H15NO. The van der Waals surface area contributed by atoms with Gasteiger partial charge in [-0.3, -0.25) is 5.32 Å². The zero-order valence-electron chi connectivity index (χ0n) is 8.08. The molecule has 0 aliphatic carbocycles. The zero-order valence-corrected chi connectivity index (χ0v) is 8.08. The van der Waals surface area contributed by atoms with Gasteiger partial charge in [0.25, 0.3) is 0 Å². The third-order valence-corrected chi connectivity index (χ3v) is 2.03. The van der Waals surface area contributed by atoms with Crippen LogP contribution in [0, 0.1) is 12.3 Å². The van der Waals surface area contributed by atoms with Crippen LogP contribution in [-0.4, -0.2) is 6.04 Å². The molecule has 1 N–H and O–H groups in total. The highest BCUT2D eigenvalue weighted by Gasteiger charge is 2.10. The lowest BCUT2D eigenvalue weighted by atomic mass is 10.2. The van der Waals surface area contributed by atoms with Gasteiger partial charge in [-0.25, -0.2) is 0 Å². The van der Waals surface area contributed by atoms with Crippen LogP contribution in [0.2, 0.25) is 0 Å². The SMILES string of the molecule is C#CC(CC)N[C@H](C)c1ccco1. The summed E-state index contributed by atoms with van der Waals surface area (Å²) in [5.41, 5.74) is 0. The first-order valence-electron chi connectivity index (χ1n) is 4.53. The Kier molecular flexibility index (Phi) is 3.60. The van der Waals surface area contributed by atoms with Gasteiger partial charge in [-0.2, -0.15) is 0 Å². The average molecular weight is 177 g/mol. The van der Waals surface area contributed by atoms with E-state index in [1.54, 1.807) is 6.26 Å². The summed E-state index contributed by atoms with van der Waals surface area (Å²) in [6.45, 7) is 4.10. The van der Waals surface area contributed by atoms with Gasteiger partial charge in [0, 0.05) is 0 Å². The minimum Gasteiger partial charge on any atom is -0.468 e. The van der Waals surface area contributed by atoms with Crippen molar-refractivity contribution in [2.24, 2.45) is 0 Å². The summed E-state index contributed by atoms with van der Waals surface area (Å²) in [5.74, 6) is 3.62. The molecule has 0 bridgehead atoms. The van der Waals surface area contributed by atoms with Gasteiger partial charge in [0.15, 0.2) is 0 Å². The summed E-state index contributed by atoms with van der Waals surface area (Å²) in [4.78, 5) is 0. The Morgan fingerprint density at radius 1 is 1.69 bits per heavy atom. The molecule has 0 aromatic carbocycles. The lowest BCUT2D eigenvalue weighted by molar-refractivity contribution is 0.412. The molecule has 0 saturated heterocycles. The van der Waals surface area contributed by atoms with Crippen LogP contribution in [-0.2, 0) is 0 Å². The predicted molar refractivity (Wildman–Crippen MR) is 53.2 cm³/mol. The average Bonchev–Trinajstić information content (AvgIpc) is 2.66. The van der Waals surface area contributed by atoms with Crippen LogP contribution < -0.4 is 5.32 Å². The van der Waals surface area contributed by atoms with Gasteiger partial charge >= 0.3 is 0 Å². The minimum atomic E-state index is 0.125. The second kappa shape index (κ2) is 4.74. The van der Waals surface area contributed by atoms with Crippen molar-refractivity contribution in [3.8, 4) is 12.3 Å². The molecule has 0 radical (unpaired) electrons. The van der Waals surface area contributed by atoms with Crippen molar-refractivity contribution < 1.29 is 4.42 Å². The zero-order chi connectivity index (χ0) is 9.68. The molecule has 0 spiro atoms. The van der Waals surface area contributed by atoms with Gasteiger partial charge in [0.1, 0.15) is 5.76 Å². The van der Waals surface area contributed by atoms with Crippen molar-refractivity contribution in [2.45, 2.75) is 32.4 Å². The van der Waals surface area contributed by atoms with E-state index in [0.717, 1.165) is 12.2 Å². The van der Waals surface area contributed by atoms with E-state index >= 15 is 0 Å². The maximum absolute atomic E-state index is 5.34. The molecule has 70 valence electrons. The van der Waals surface area contributed by atoms with Crippen molar-refractivity contribution in [3.05, 3.63) is 24.2 Å². The molecule has 0 fully saturated rings. The van der Waals surface area contributed by atoms with Crippen molar-refractivity contribution in [1.29, 1.82) is 0 Å². The Morgan fingerprint density at radius 3 is 2.92 bits per heavy atom. The highest BCUT2D eigenvalue weighted by molar-refractivity contribution is 5.06. The molecule has 1 rings (SSSR count).